The number of methoxy groups -OCH3 is 1. The number of hydrogen-bond acceptors (Lipinski definition) is 4. The van der Waals surface area contributed by atoms with Gasteiger partial charge in [0.2, 0.25) is 0 Å². The van der Waals surface area contributed by atoms with Crippen LogP contribution in [0.4, 0.5) is 5.69 Å². The van der Waals surface area contributed by atoms with Crippen LogP contribution in [0.3, 0.4) is 0 Å². The minimum absolute atomic E-state index is 0. The van der Waals surface area contributed by atoms with Gasteiger partial charge in [-0.15, -0.1) is 24.0 Å². The van der Waals surface area contributed by atoms with Crippen molar-refractivity contribution in [3.05, 3.63) is 29.8 Å². The Kier molecular flexibility index (Phi) is 9.29. The molecule has 0 aliphatic carbocycles. The molecular formula is C19H33IN4O2. The third kappa shape index (κ3) is 6.68. The van der Waals surface area contributed by atoms with Crippen LogP contribution >= 0.6 is 24.0 Å². The number of nitrogens with zero attached hydrogens (tertiary/aromatic N) is 2. The average molecular weight is 476 g/mol. The van der Waals surface area contributed by atoms with Crippen LogP contribution in [0.15, 0.2) is 29.3 Å². The van der Waals surface area contributed by atoms with E-state index in [2.05, 4.69) is 42.9 Å². The lowest BCUT2D eigenvalue weighted by atomic mass is 10.0. The van der Waals surface area contributed by atoms with Crippen LogP contribution in [-0.4, -0.2) is 55.4 Å². The van der Waals surface area contributed by atoms with E-state index in [0.717, 1.165) is 24.3 Å². The van der Waals surface area contributed by atoms with Gasteiger partial charge in [0.15, 0.2) is 5.96 Å². The minimum atomic E-state index is -0.0787. The summed E-state index contributed by atoms with van der Waals surface area (Å²) in [5, 5.41) is 3.19. The van der Waals surface area contributed by atoms with Crippen LogP contribution in [0.25, 0.3) is 0 Å². The lowest BCUT2D eigenvalue weighted by Gasteiger charge is -2.44. The fourth-order valence-corrected chi connectivity index (χ4v) is 3.15. The highest BCUT2D eigenvalue weighted by molar-refractivity contribution is 14.0. The van der Waals surface area contributed by atoms with E-state index < -0.39 is 0 Å². The molecule has 1 saturated heterocycles. The van der Waals surface area contributed by atoms with Crippen LogP contribution < -0.4 is 11.1 Å². The zero-order valence-electron chi connectivity index (χ0n) is 16.5. The second-order valence-electron chi connectivity index (χ2n) is 7.39. The van der Waals surface area contributed by atoms with Gasteiger partial charge >= 0.3 is 0 Å². The Labute approximate surface area is 174 Å². The molecule has 6 nitrogen and oxygen atoms in total. The van der Waals surface area contributed by atoms with Gasteiger partial charge in [0.25, 0.3) is 0 Å². The Hall–Kier alpha value is -0.900. The monoisotopic (exact) mass is 476 g/mol. The molecular weight excluding hydrogens is 443 g/mol. The molecule has 1 heterocycles. The molecule has 0 aromatic heterocycles. The van der Waals surface area contributed by atoms with Crippen molar-refractivity contribution in [1.29, 1.82) is 0 Å². The lowest BCUT2D eigenvalue weighted by Crippen LogP contribution is -2.56. The maximum Gasteiger partial charge on any atom is 0.193 e. The molecule has 1 aliphatic heterocycles. The molecule has 26 heavy (non-hydrogen) atoms. The van der Waals surface area contributed by atoms with Crippen molar-refractivity contribution >= 4 is 35.6 Å². The first-order valence-corrected chi connectivity index (χ1v) is 8.86. The van der Waals surface area contributed by atoms with Crippen molar-refractivity contribution in [2.75, 3.05) is 32.1 Å². The number of para-hydroxylation sites is 1. The summed E-state index contributed by atoms with van der Waals surface area (Å²) in [7, 11) is 1.68. The molecule has 7 heteroatoms. The smallest absolute Gasteiger partial charge is 0.193 e. The van der Waals surface area contributed by atoms with E-state index in [0.29, 0.717) is 19.1 Å². The quantitative estimate of drug-likeness (QED) is 0.375. The normalized spacial score (nSPS) is 22.0. The number of ether oxygens (including phenoxy) is 2. The van der Waals surface area contributed by atoms with E-state index in [1.165, 1.54) is 0 Å². The second kappa shape index (κ2) is 10.4. The molecule has 2 atom stereocenters. The van der Waals surface area contributed by atoms with Gasteiger partial charge in [0.05, 0.1) is 25.4 Å². The highest BCUT2D eigenvalue weighted by atomic mass is 127. The van der Waals surface area contributed by atoms with Gasteiger partial charge in [0.1, 0.15) is 0 Å². The molecule has 1 aromatic carbocycles. The highest BCUT2D eigenvalue weighted by Gasteiger charge is 2.33. The Morgan fingerprint density at radius 3 is 2.54 bits per heavy atom. The number of morpholine rings is 1. The SMILES string of the molecule is COCc1ccccc1NC(N)=NCC(C)(C)N1CC(C)OC(C)C1.I. The van der Waals surface area contributed by atoms with Crippen LogP contribution in [0.2, 0.25) is 0 Å². The summed E-state index contributed by atoms with van der Waals surface area (Å²) >= 11 is 0. The summed E-state index contributed by atoms with van der Waals surface area (Å²) in [5.74, 6) is 0.422. The van der Waals surface area contributed by atoms with Crippen LogP contribution in [0.5, 0.6) is 0 Å². The standard InChI is InChI=1S/C19H32N4O2.HI/c1-14-10-23(11-15(2)25-14)19(3,4)13-21-18(20)22-17-9-7-6-8-16(17)12-24-5;/h6-9,14-15H,10-13H2,1-5H3,(H3,20,21,22);1H. The summed E-state index contributed by atoms with van der Waals surface area (Å²) in [6.07, 6.45) is 0.479. The molecule has 2 unspecified atom stereocenters. The minimum Gasteiger partial charge on any atom is -0.380 e. The number of rotatable bonds is 6. The molecule has 0 saturated carbocycles. The van der Waals surface area contributed by atoms with Crippen molar-refractivity contribution in [3.8, 4) is 0 Å². The third-order valence-corrected chi connectivity index (χ3v) is 4.49. The molecule has 3 N–H and O–H groups in total. The maximum atomic E-state index is 6.12. The molecule has 1 fully saturated rings. The van der Waals surface area contributed by atoms with Crippen molar-refractivity contribution < 1.29 is 9.47 Å². The molecule has 1 aliphatic rings. The lowest BCUT2D eigenvalue weighted by molar-refractivity contribution is -0.0939. The number of hydrogen-bond donors (Lipinski definition) is 2. The summed E-state index contributed by atoms with van der Waals surface area (Å²) in [5.41, 5.74) is 8.02. The van der Waals surface area contributed by atoms with Gasteiger partial charge < -0.3 is 20.5 Å². The topological polar surface area (TPSA) is 72.1 Å². The first kappa shape index (κ1) is 23.1. The van der Waals surface area contributed by atoms with E-state index in [9.17, 15) is 0 Å². The van der Waals surface area contributed by atoms with E-state index in [1.54, 1.807) is 7.11 Å². The van der Waals surface area contributed by atoms with Crippen LogP contribution in [-0.2, 0) is 16.1 Å². The number of benzene rings is 1. The summed E-state index contributed by atoms with van der Waals surface area (Å²) in [6.45, 7) is 11.6. The Balaban J connectivity index is 0.00000338. The van der Waals surface area contributed by atoms with Gasteiger partial charge in [-0.2, -0.15) is 0 Å². The second-order valence-corrected chi connectivity index (χ2v) is 7.39. The molecule has 148 valence electrons. The predicted molar refractivity (Wildman–Crippen MR) is 118 cm³/mol. The molecule has 0 amide bonds. The zero-order chi connectivity index (χ0) is 18.4. The summed E-state index contributed by atoms with van der Waals surface area (Å²) in [6, 6.07) is 7.94. The average Bonchev–Trinajstić information content (AvgIpc) is 2.54. The number of aliphatic imine (C=N–C) groups is 1. The van der Waals surface area contributed by atoms with Crippen molar-refractivity contribution in [3.63, 3.8) is 0 Å². The Morgan fingerprint density at radius 1 is 1.31 bits per heavy atom. The molecule has 1 aromatic rings. The molecule has 0 spiro atoms. The summed E-state index contributed by atoms with van der Waals surface area (Å²) < 4.78 is 11.1. The van der Waals surface area contributed by atoms with Gasteiger partial charge in [-0.05, 0) is 33.8 Å². The van der Waals surface area contributed by atoms with Crippen molar-refractivity contribution in [1.82, 2.24) is 4.90 Å². The van der Waals surface area contributed by atoms with Gasteiger partial charge in [-0.3, -0.25) is 9.89 Å². The fourth-order valence-electron chi connectivity index (χ4n) is 3.15. The van der Waals surface area contributed by atoms with Crippen molar-refractivity contribution in [2.45, 2.75) is 52.0 Å². The van der Waals surface area contributed by atoms with E-state index >= 15 is 0 Å². The van der Waals surface area contributed by atoms with Crippen molar-refractivity contribution in [2.24, 2.45) is 10.7 Å². The Bertz CT molecular complexity index is 585. The van der Waals surface area contributed by atoms with Crippen LogP contribution in [0, 0.1) is 0 Å². The highest BCUT2D eigenvalue weighted by Crippen LogP contribution is 2.22. The van der Waals surface area contributed by atoms with Gasteiger partial charge in [-0.1, -0.05) is 18.2 Å². The van der Waals surface area contributed by atoms with Crippen LogP contribution in [0.1, 0.15) is 33.3 Å². The zero-order valence-corrected chi connectivity index (χ0v) is 18.8. The number of anilines is 1. The number of guanidine groups is 1. The first-order chi connectivity index (χ1) is 11.8. The molecule has 2 rings (SSSR count). The van der Waals surface area contributed by atoms with E-state index in [4.69, 9.17) is 15.2 Å². The number of nitrogens with one attached hydrogen (secondary N) is 1. The molecule has 0 radical (unpaired) electrons. The Morgan fingerprint density at radius 2 is 1.92 bits per heavy atom. The number of nitrogens with two attached hydrogens (primary N) is 1. The molecule has 0 bridgehead atoms. The first-order valence-electron chi connectivity index (χ1n) is 8.86. The van der Waals surface area contributed by atoms with Gasteiger partial charge in [-0.25, -0.2) is 0 Å². The number of halogens is 1. The van der Waals surface area contributed by atoms with Gasteiger partial charge in [0, 0.05) is 37.0 Å². The maximum absolute atomic E-state index is 6.12. The fraction of sp³-hybridized carbons (Fsp3) is 0.632. The largest absolute Gasteiger partial charge is 0.380 e. The summed E-state index contributed by atoms with van der Waals surface area (Å²) in [4.78, 5) is 7.01. The third-order valence-electron chi connectivity index (χ3n) is 4.49. The van der Waals surface area contributed by atoms with E-state index in [-0.39, 0.29) is 41.7 Å². The predicted octanol–water partition coefficient (Wildman–Crippen LogP) is 3.07. The van der Waals surface area contributed by atoms with E-state index in [1.807, 2.05) is 24.3 Å².